The van der Waals surface area contributed by atoms with Crippen LogP contribution in [0, 0.1) is 6.92 Å². The molecule has 1 aromatic carbocycles. The Morgan fingerprint density at radius 3 is 2.84 bits per heavy atom. The molecule has 0 aliphatic rings. The van der Waals surface area contributed by atoms with Crippen molar-refractivity contribution >= 4 is 22.4 Å². The molecule has 0 aliphatic heterocycles. The van der Waals surface area contributed by atoms with Crippen molar-refractivity contribution in [1.82, 2.24) is 25.1 Å². The van der Waals surface area contributed by atoms with Gasteiger partial charge in [-0.15, -0.1) is 10.2 Å². The topological polar surface area (TPSA) is 83.9 Å². The number of hydrogen-bond donors (Lipinski definition) is 1. The smallest absolute Gasteiger partial charge is 0.257 e. The van der Waals surface area contributed by atoms with Crippen molar-refractivity contribution in [3.63, 3.8) is 0 Å². The minimum absolute atomic E-state index is 0.186. The zero-order chi connectivity index (χ0) is 17.6. The van der Waals surface area contributed by atoms with Gasteiger partial charge in [-0.3, -0.25) is 25.0 Å². The van der Waals surface area contributed by atoms with E-state index in [9.17, 15) is 4.79 Å². The molecule has 0 atom stereocenters. The van der Waals surface area contributed by atoms with Crippen LogP contribution in [0.4, 0.5) is 5.13 Å². The number of aromatic nitrogens is 4. The average Bonchev–Trinajstić information content (AvgIpc) is 3.00. The lowest BCUT2D eigenvalue weighted by Gasteiger charge is -2.16. The van der Waals surface area contributed by atoms with Gasteiger partial charge in [0, 0.05) is 37.2 Å². The number of nitrogens with one attached hydrogen (secondary N) is 1. The number of aryl methyl sites for hydroxylation is 1. The summed E-state index contributed by atoms with van der Waals surface area (Å²) in [6, 6.07) is 7.55. The summed E-state index contributed by atoms with van der Waals surface area (Å²) in [5.41, 5.74) is 2.55. The van der Waals surface area contributed by atoms with Crippen LogP contribution in [0.1, 0.15) is 26.6 Å². The first-order valence-electron chi connectivity index (χ1n) is 7.74. The molecule has 1 amide bonds. The van der Waals surface area contributed by atoms with Crippen LogP contribution in [0.25, 0.3) is 0 Å². The normalized spacial score (nSPS) is 10.8. The minimum Gasteiger partial charge on any atom is -0.296 e. The Labute approximate surface area is 149 Å². The highest BCUT2D eigenvalue weighted by Gasteiger charge is 2.10. The van der Waals surface area contributed by atoms with Crippen molar-refractivity contribution in [2.45, 2.75) is 20.0 Å². The molecule has 128 valence electrons. The maximum absolute atomic E-state index is 12.3. The van der Waals surface area contributed by atoms with Gasteiger partial charge in [-0.05, 0) is 31.7 Å². The summed E-state index contributed by atoms with van der Waals surface area (Å²) in [5, 5.41) is 11.9. The number of carbonyl (C=O) groups is 1. The fourth-order valence-corrected chi connectivity index (χ4v) is 2.97. The predicted molar refractivity (Wildman–Crippen MR) is 96.2 cm³/mol. The van der Waals surface area contributed by atoms with Gasteiger partial charge in [-0.2, -0.15) is 0 Å². The maximum Gasteiger partial charge on any atom is 0.257 e. The molecule has 0 saturated heterocycles. The lowest BCUT2D eigenvalue weighted by atomic mass is 10.1. The van der Waals surface area contributed by atoms with E-state index in [0.717, 1.165) is 16.3 Å². The summed E-state index contributed by atoms with van der Waals surface area (Å²) in [6.07, 6.45) is 5.10. The van der Waals surface area contributed by atoms with Crippen molar-refractivity contribution in [1.29, 1.82) is 0 Å². The fraction of sp³-hybridized carbons (Fsp3) is 0.235. The van der Waals surface area contributed by atoms with Crippen LogP contribution in [-0.4, -0.2) is 38.0 Å². The third kappa shape index (κ3) is 4.88. The van der Waals surface area contributed by atoms with Gasteiger partial charge in [0.25, 0.3) is 5.91 Å². The predicted octanol–water partition coefficient (Wildman–Crippen LogP) is 2.52. The zero-order valence-electron chi connectivity index (χ0n) is 14.0. The van der Waals surface area contributed by atoms with Gasteiger partial charge in [0.05, 0.1) is 5.69 Å². The van der Waals surface area contributed by atoms with Crippen molar-refractivity contribution in [2.75, 3.05) is 12.4 Å². The van der Waals surface area contributed by atoms with E-state index in [1.807, 2.05) is 32.2 Å². The van der Waals surface area contributed by atoms with Crippen molar-refractivity contribution in [3.05, 3.63) is 64.7 Å². The molecule has 1 N–H and O–H groups in total. The molecule has 2 aromatic heterocycles. The Balaban J connectivity index is 1.63. The first kappa shape index (κ1) is 17.1. The Morgan fingerprint density at radius 1 is 1.24 bits per heavy atom. The van der Waals surface area contributed by atoms with Crippen molar-refractivity contribution in [3.8, 4) is 0 Å². The summed E-state index contributed by atoms with van der Waals surface area (Å²) in [6.45, 7) is 3.24. The molecule has 0 radical (unpaired) electrons. The van der Waals surface area contributed by atoms with Crippen LogP contribution in [0.2, 0.25) is 0 Å². The van der Waals surface area contributed by atoms with Gasteiger partial charge >= 0.3 is 0 Å². The van der Waals surface area contributed by atoms with Gasteiger partial charge in [0.1, 0.15) is 5.01 Å². The van der Waals surface area contributed by atoms with E-state index in [1.165, 1.54) is 11.3 Å². The van der Waals surface area contributed by atoms with E-state index in [1.54, 1.807) is 24.7 Å². The molecule has 7 nitrogen and oxygen atoms in total. The van der Waals surface area contributed by atoms with Crippen LogP contribution in [0.15, 0.2) is 42.9 Å². The van der Waals surface area contributed by atoms with Gasteiger partial charge in [-0.1, -0.05) is 23.5 Å². The number of rotatable bonds is 6. The SMILES string of the molecule is Cc1nnc(NC(=O)c2cccc(CN(C)Cc3cnccn3)c2)s1. The van der Waals surface area contributed by atoms with Crippen LogP contribution in [0.5, 0.6) is 0 Å². The summed E-state index contributed by atoms with van der Waals surface area (Å²) >= 11 is 1.35. The summed E-state index contributed by atoms with van der Waals surface area (Å²) in [7, 11) is 2.01. The summed E-state index contributed by atoms with van der Waals surface area (Å²) < 4.78 is 0. The second-order valence-corrected chi connectivity index (χ2v) is 6.83. The molecule has 0 saturated carbocycles. The van der Waals surface area contributed by atoms with Crippen LogP contribution < -0.4 is 5.32 Å². The molecule has 0 spiro atoms. The molecule has 0 bridgehead atoms. The number of carbonyl (C=O) groups excluding carboxylic acids is 1. The Kier molecular flexibility index (Phi) is 5.42. The molecule has 0 fully saturated rings. The minimum atomic E-state index is -0.186. The lowest BCUT2D eigenvalue weighted by molar-refractivity contribution is 0.102. The van der Waals surface area contributed by atoms with Gasteiger partial charge in [0.2, 0.25) is 5.13 Å². The highest BCUT2D eigenvalue weighted by Crippen LogP contribution is 2.16. The third-order valence-electron chi connectivity index (χ3n) is 3.44. The van der Waals surface area contributed by atoms with Crippen LogP contribution >= 0.6 is 11.3 Å². The second kappa shape index (κ2) is 7.91. The Morgan fingerprint density at radius 2 is 2.12 bits per heavy atom. The number of hydrogen-bond acceptors (Lipinski definition) is 7. The molecular weight excluding hydrogens is 336 g/mol. The number of benzene rings is 1. The zero-order valence-corrected chi connectivity index (χ0v) is 14.8. The first-order chi connectivity index (χ1) is 12.1. The first-order valence-corrected chi connectivity index (χ1v) is 8.55. The van der Waals surface area contributed by atoms with Crippen LogP contribution in [-0.2, 0) is 13.1 Å². The van der Waals surface area contributed by atoms with E-state index in [2.05, 4.69) is 30.4 Å². The third-order valence-corrected chi connectivity index (χ3v) is 4.19. The van der Waals surface area contributed by atoms with Gasteiger partial charge < -0.3 is 0 Å². The monoisotopic (exact) mass is 354 g/mol. The van der Waals surface area contributed by atoms with E-state index in [0.29, 0.717) is 23.8 Å². The summed E-state index contributed by atoms with van der Waals surface area (Å²) in [5.74, 6) is -0.186. The quantitative estimate of drug-likeness (QED) is 0.732. The van der Waals surface area contributed by atoms with Gasteiger partial charge in [0.15, 0.2) is 0 Å². The molecule has 3 aromatic rings. The van der Waals surface area contributed by atoms with E-state index < -0.39 is 0 Å². The Hall–Kier alpha value is -2.71. The number of amides is 1. The molecular formula is C17H18N6OS. The van der Waals surface area contributed by atoms with Crippen LogP contribution in [0.3, 0.4) is 0 Å². The van der Waals surface area contributed by atoms with E-state index in [4.69, 9.17) is 0 Å². The largest absolute Gasteiger partial charge is 0.296 e. The lowest BCUT2D eigenvalue weighted by Crippen LogP contribution is -2.18. The standard InChI is InChI=1S/C17H18N6OS/c1-12-21-22-17(25-12)20-16(24)14-5-3-4-13(8-14)10-23(2)11-15-9-18-6-7-19-15/h3-9H,10-11H2,1-2H3,(H,20,22,24). The molecule has 25 heavy (non-hydrogen) atoms. The van der Waals surface area contributed by atoms with Crippen molar-refractivity contribution < 1.29 is 4.79 Å². The Bertz CT molecular complexity index is 851. The highest BCUT2D eigenvalue weighted by atomic mass is 32.1. The maximum atomic E-state index is 12.3. The van der Waals surface area contributed by atoms with Gasteiger partial charge in [-0.25, -0.2) is 0 Å². The van der Waals surface area contributed by atoms with Crippen molar-refractivity contribution in [2.24, 2.45) is 0 Å². The number of anilines is 1. The van der Waals surface area contributed by atoms with E-state index in [-0.39, 0.29) is 5.91 Å². The summed E-state index contributed by atoms with van der Waals surface area (Å²) in [4.78, 5) is 22.8. The van der Waals surface area contributed by atoms with E-state index >= 15 is 0 Å². The molecule has 8 heteroatoms. The fourth-order valence-electron chi connectivity index (χ4n) is 2.38. The average molecular weight is 354 g/mol. The molecule has 0 unspecified atom stereocenters. The molecule has 3 rings (SSSR count). The molecule has 0 aliphatic carbocycles. The number of nitrogens with zero attached hydrogens (tertiary/aromatic N) is 5. The molecule has 2 heterocycles. The second-order valence-electron chi connectivity index (χ2n) is 5.65. The highest BCUT2D eigenvalue weighted by molar-refractivity contribution is 7.15.